The maximum atomic E-state index is 12.1. The number of carbonyl (C=O) groups is 1. The highest BCUT2D eigenvalue weighted by atomic mass is 16.5. The van der Waals surface area contributed by atoms with Crippen LogP contribution in [-0.4, -0.2) is 30.6 Å². The molecule has 1 aliphatic carbocycles. The number of ether oxygens (including phenoxy) is 1. The predicted octanol–water partition coefficient (Wildman–Crippen LogP) is 2.26. The van der Waals surface area contributed by atoms with Gasteiger partial charge in [-0.1, -0.05) is 19.4 Å². The molecule has 0 spiro atoms. The van der Waals surface area contributed by atoms with Crippen molar-refractivity contribution in [1.82, 2.24) is 15.6 Å². The third kappa shape index (κ3) is 4.98. The Morgan fingerprint density at radius 1 is 1.41 bits per heavy atom. The van der Waals surface area contributed by atoms with E-state index in [4.69, 9.17) is 4.74 Å². The first-order valence-corrected chi connectivity index (χ1v) is 8.23. The molecule has 1 aromatic heterocycles. The first-order chi connectivity index (χ1) is 10.7. The number of nitrogens with one attached hydrogen (secondary N) is 2. The first kappa shape index (κ1) is 16.7. The summed E-state index contributed by atoms with van der Waals surface area (Å²) in [5.74, 6) is 1.01. The summed E-state index contributed by atoms with van der Waals surface area (Å²) in [6, 6.07) is 4.31. The molecule has 1 unspecified atom stereocenters. The fraction of sp³-hybridized carbons (Fsp3) is 0.647. The number of methoxy groups -OCH3 is 1. The SMILES string of the molecule is CCCNC(=O)[C@H]1CCCC(NCc2ccc(OC)nc2)C1. The number of amides is 1. The number of carbonyl (C=O) groups excluding carboxylic acids is 1. The summed E-state index contributed by atoms with van der Waals surface area (Å²) in [6.45, 7) is 3.64. The van der Waals surface area contributed by atoms with Gasteiger partial charge in [-0.25, -0.2) is 4.98 Å². The van der Waals surface area contributed by atoms with E-state index in [0.717, 1.165) is 50.8 Å². The van der Waals surface area contributed by atoms with Crippen LogP contribution in [0.1, 0.15) is 44.6 Å². The van der Waals surface area contributed by atoms with Gasteiger partial charge in [0.15, 0.2) is 0 Å². The summed E-state index contributed by atoms with van der Waals surface area (Å²) in [7, 11) is 1.62. The lowest BCUT2D eigenvalue weighted by atomic mass is 9.85. The highest BCUT2D eigenvalue weighted by Crippen LogP contribution is 2.24. The van der Waals surface area contributed by atoms with Crippen LogP contribution in [0.2, 0.25) is 0 Å². The summed E-state index contributed by atoms with van der Waals surface area (Å²) in [4.78, 5) is 16.3. The second kappa shape index (κ2) is 8.73. The van der Waals surface area contributed by atoms with Gasteiger partial charge in [-0.3, -0.25) is 4.79 Å². The van der Waals surface area contributed by atoms with Crippen LogP contribution in [0.25, 0.3) is 0 Å². The van der Waals surface area contributed by atoms with Crippen molar-refractivity contribution in [3.63, 3.8) is 0 Å². The number of nitrogens with zero attached hydrogens (tertiary/aromatic N) is 1. The third-order valence-corrected chi connectivity index (χ3v) is 4.20. The van der Waals surface area contributed by atoms with E-state index in [-0.39, 0.29) is 11.8 Å². The van der Waals surface area contributed by atoms with Crippen molar-refractivity contribution in [2.75, 3.05) is 13.7 Å². The molecule has 0 aliphatic heterocycles. The highest BCUT2D eigenvalue weighted by molar-refractivity contribution is 5.78. The second-order valence-corrected chi connectivity index (χ2v) is 5.94. The lowest BCUT2D eigenvalue weighted by Gasteiger charge is -2.29. The molecule has 22 heavy (non-hydrogen) atoms. The summed E-state index contributed by atoms with van der Waals surface area (Å²) in [5, 5.41) is 6.57. The van der Waals surface area contributed by atoms with E-state index in [2.05, 4.69) is 22.5 Å². The van der Waals surface area contributed by atoms with E-state index in [9.17, 15) is 4.79 Å². The Labute approximate surface area is 132 Å². The Bertz CT molecular complexity index is 461. The van der Waals surface area contributed by atoms with Gasteiger partial charge < -0.3 is 15.4 Å². The Hall–Kier alpha value is -1.62. The zero-order valence-corrected chi connectivity index (χ0v) is 13.6. The fourth-order valence-corrected chi connectivity index (χ4v) is 2.90. The molecule has 5 nitrogen and oxygen atoms in total. The van der Waals surface area contributed by atoms with Gasteiger partial charge in [0.2, 0.25) is 11.8 Å². The third-order valence-electron chi connectivity index (χ3n) is 4.20. The average Bonchev–Trinajstić information content (AvgIpc) is 2.58. The van der Waals surface area contributed by atoms with Crippen LogP contribution in [-0.2, 0) is 11.3 Å². The Morgan fingerprint density at radius 2 is 2.27 bits per heavy atom. The largest absolute Gasteiger partial charge is 0.481 e. The van der Waals surface area contributed by atoms with Gasteiger partial charge in [-0.05, 0) is 31.2 Å². The van der Waals surface area contributed by atoms with E-state index in [0.29, 0.717) is 11.9 Å². The summed E-state index contributed by atoms with van der Waals surface area (Å²) >= 11 is 0. The molecule has 1 amide bonds. The van der Waals surface area contributed by atoms with Gasteiger partial charge in [0.25, 0.3) is 0 Å². The fourth-order valence-electron chi connectivity index (χ4n) is 2.90. The van der Waals surface area contributed by atoms with Crippen LogP contribution in [0.4, 0.5) is 0 Å². The highest BCUT2D eigenvalue weighted by Gasteiger charge is 2.26. The molecule has 2 N–H and O–H groups in total. The van der Waals surface area contributed by atoms with E-state index >= 15 is 0 Å². The summed E-state index contributed by atoms with van der Waals surface area (Å²) in [5.41, 5.74) is 1.14. The Kier molecular flexibility index (Phi) is 6.65. The minimum atomic E-state index is 0.159. The van der Waals surface area contributed by atoms with Crippen molar-refractivity contribution in [1.29, 1.82) is 0 Å². The topological polar surface area (TPSA) is 63.2 Å². The molecule has 1 saturated carbocycles. The van der Waals surface area contributed by atoms with Gasteiger partial charge in [-0.15, -0.1) is 0 Å². The number of pyridine rings is 1. The predicted molar refractivity (Wildman–Crippen MR) is 86.7 cm³/mol. The molecule has 1 fully saturated rings. The van der Waals surface area contributed by atoms with Gasteiger partial charge >= 0.3 is 0 Å². The molecule has 2 atom stereocenters. The van der Waals surface area contributed by atoms with Crippen molar-refractivity contribution in [3.05, 3.63) is 23.9 Å². The number of rotatable bonds is 7. The maximum absolute atomic E-state index is 12.1. The van der Waals surface area contributed by atoms with Crippen LogP contribution >= 0.6 is 0 Å². The Balaban J connectivity index is 1.78. The lowest BCUT2D eigenvalue weighted by molar-refractivity contribution is -0.126. The molecule has 2 rings (SSSR count). The summed E-state index contributed by atoms with van der Waals surface area (Å²) in [6.07, 6.45) is 7.02. The quantitative estimate of drug-likeness (QED) is 0.811. The van der Waals surface area contributed by atoms with E-state index in [1.165, 1.54) is 0 Å². The molecule has 122 valence electrons. The molecule has 0 aromatic carbocycles. The molecular weight excluding hydrogens is 278 g/mol. The zero-order valence-electron chi connectivity index (χ0n) is 13.6. The van der Waals surface area contributed by atoms with Crippen LogP contribution in [0.15, 0.2) is 18.3 Å². The Morgan fingerprint density at radius 3 is 2.95 bits per heavy atom. The van der Waals surface area contributed by atoms with Crippen molar-refractivity contribution in [2.24, 2.45) is 5.92 Å². The molecule has 5 heteroatoms. The lowest BCUT2D eigenvalue weighted by Crippen LogP contribution is -2.40. The molecule has 1 aliphatic rings. The van der Waals surface area contributed by atoms with E-state index in [1.807, 2.05) is 18.3 Å². The van der Waals surface area contributed by atoms with Crippen LogP contribution < -0.4 is 15.4 Å². The molecule has 0 bridgehead atoms. The van der Waals surface area contributed by atoms with Crippen LogP contribution in [0, 0.1) is 5.92 Å². The van der Waals surface area contributed by atoms with Crippen LogP contribution in [0.5, 0.6) is 5.88 Å². The minimum Gasteiger partial charge on any atom is -0.481 e. The molecule has 1 heterocycles. The number of hydrogen-bond donors (Lipinski definition) is 2. The molecule has 1 aromatic rings. The normalized spacial score (nSPS) is 21.4. The van der Waals surface area contributed by atoms with Crippen molar-refractivity contribution in [3.8, 4) is 5.88 Å². The standard InChI is InChI=1S/C17H27N3O2/c1-3-9-18-17(21)14-5-4-6-15(10-14)19-11-13-7-8-16(22-2)20-12-13/h7-8,12,14-15,19H,3-6,9-11H2,1-2H3,(H,18,21)/t14-,15?/m0/s1. The smallest absolute Gasteiger partial charge is 0.223 e. The van der Waals surface area contributed by atoms with Gasteiger partial charge in [0.1, 0.15) is 0 Å². The molecule has 0 saturated heterocycles. The van der Waals surface area contributed by atoms with Gasteiger partial charge in [0.05, 0.1) is 7.11 Å². The monoisotopic (exact) mass is 305 g/mol. The number of hydrogen-bond acceptors (Lipinski definition) is 4. The minimum absolute atomic E-state index is 0.159. The molecule has 0 radical (unpaired) electrons. The van der Waals surface area contributed by atoms with Crippen molar-refractivity contribution < 1.29 is 9.53 Å². The second-order valence-electron chi connectivity index (χ2n) is 5.94. The zero-order chi connectivity index (χ0) is 15.8. The van der Waals surface area contributed by atoms with Gasteiger partial charge in [0, 0.05) is 37.3 Å². The maximum Gasteiger partial charge on any atom is 0.223 e. The van der Waals surface area contributed by atoms with Crippen molar-refractivity contribution >= 4 is 5.91 Å². The molecular formula is C17H27N3O2. The first-order valence-electron chi connectivity index (χ1n) is 8.23. The van der Waals surface area contributed by atoms with Crippen LogP contribution in [0.3, 0.4) is 0 Å². The van der Waals surface area contributed by atoms with E-state index in [1.54, 1.807) is 7.11 Å². The van der Waals surface area contributed by atoms with Gasteiger partial charge in [-0.2, -0.15) is 0 Å². The summed E-state index contributed by atoms with van der Waals surface area (Å²) < 4.78 is 5.06. The average molecular weight is 305 g/mol. The van der Waals surface area contributed by atoms with Crippen molar-refractivity contribution in [2.45, 2.75) is 51.6 Å². The number of aromatic nitrogens is 1. The van der Waals surface area contributed by atoms with E-state index < -0.39 is 0 Å².